The molecule has 0 fully saturated rings. The zero-order valence-electron chi connectivity index (χ0n) is 23.3. The summed E-state index contributed by atoms with van der Waals surface area (Å²) in [5.74, 6) is -2.37. The second-order valence-electron chi connectivity index (χ2n) is 10.9. The quantitative estimate of drug-likeness (QED) is 0.554. The molecule has 0 bridgehead atoms. The first-order chi connectivity index (χ1) is 18.2. The number of hydrogen-bond acceptors (Lipinski definition) is 6. The number of anilines is 2. The average Bonchev–Trinajstić information content (AvgIpc) is 3.25. The van der Waals surface area contributed by atoms with E-state index in [-0.39, 0.29) is 18.0 Å². The number of amides is 4. The number of para-hydroxylation sites is 1. The van der Waals surface area contributed by atoms with Crippen molar-refractivity contribution in [2.75, 3.05) is 17.3 Å². The minimum Gasteiger partial charge on any atom is -0.444 e. The van der Waals surface area contributed by atoms with Crippen LogP contribution in [0.15, 0.2) is 42.6 Å². The third-order valence-corrected chi connectivity index (χ3v) is 6.36. The lowest BCUT2D eigenvalue weighted by Gasteiger charge is -2.32. The summed E-state index contributed by atoms with van der Waals surface area (Å²) in [5, 5.41) is 5.31. The first kappa shape index (κ1) is 29.5. The molecule has 0 saturated heterocycles. The third-order valence-electron chi connectivity index (χ3n) is 6.36. The smallest absolute Gasteiger partial charge is 0.410 e. The summed E-state index contributed by atoms with van der Waals surface area (Å²) >= 11 is 0. The van der Waals surface area contributed by atoms with Crippen molar-refractivity contribution in [3.05, 3.63) is 54.0 Å². The number of halogens is 1. The average molecular weight is 542 g/mol. The Morgan fingerprint density at radius 2 is 1.77 bits per heavy atom. The molecule has 4 amide bonds. The van der Waals surface area contributed by atoms with Gasteiger partial charge in [-0.25, -0.2) is 14.2 Å². The van der Waals surface area contributed by atoms with Crippen molar-refractivity contribution in [2.24, 2.45) is 5.92 Å². The van der Waals surface area contributed by atoms with Gasteiger partial charge >= 0.3 is 6.09 Å². The molecule has 2 aromatic rings. The number of rotatable bonds is 7. The van der Waals surface area contributed by atoms with Crippen molar-refractivity contribution >= 4 is 35.3 Å². The van der Waals surface area contributed by atoms with Crippen LogP contribution in [0.25, 0.3) is 0 Å². The molecule has 2 N–H and O–H groups in total. The predicted octanol–water partition coefficient (Wildman–Crippen LogP) is 3.51. The van der Waals surface area contributed by atoms with E-state index in [1.807, 2.05) is 0 Å². The van der Waals surface area contributed by atoms with E-state index in [0.29, 0.717) is 11.4 Å². The van der Waals surface area contributed by atoms with Gasteiger partial charge in [0.1, 0.15) is 35.4 Å². The summed E-state index contributed by atoms with van der Waals surface area (Å²) in [5.41, 5.74) is -0.0789. The number of aromatic nitrogens is 1. The maximum Gasteiger partial charge on any atom is 0.410 e. The SMILES string of the molecule is CC(C)[C@H](NC(=O)[C@H](C)N(C)C(=O)OC(C)(C)C)C(=O)N1c2ncccc2C[C@H]1C(=O)Nc1ccccc1F. The van der Waals surface area contributed by atoms with E-state index >= 15 is 0 Å². The van der Waals surface area contributed by atoms with Crippen LogP contribution in [0.3, 0.4) is 0 Å². The molecule has 10 nitrogen and oxygen atoms in total. The van der Waals surface area contributed by atoms with Crippen LogP contribution >= 0.6 is 0 Å². The molecule has 0 radical (unpaired) electrons. The van der Waals surface area contributed by atoms with E-state index in [4.69, 9.17) is 4.74 Å². The van der Waals surface area contributed by atoms with Gasteiger partial charge in [0.15, 0.2) is 0 Å². The molecule has 210 valence electrons. The van der Waals surface area contributed by atoms with Gasteiger partial charge < -0.3 is 15.4 Å². The fourth-order valence-corrected chi connectivity index (χ4v) is 4.11. The Labute approximate surface area is 227 Å². The predicted molar refractivity (Wildman–Crippen MR) is 144 cm³/mol. The van der Waals surface area contributed by atoms with Crippen LogP contribution in [0.2, 0.25) is 0 Å². The molecule has 1 aromatic heterocycles. The number of carbonyl (C=O) groups excluding carboxylic acids is 4. The van der Waals surface area contributed by atoms with E-state index in [9.17, 15) is 23.6 Å². The van der Waals surface area contributed by atoms with Gasteiger partial charge in [-0.2, -0.15) is 0 Å². The minimum atomic E-state index is -1.04. The standard InChI is InChI=1S/C28H36FN5O5/c1-16(2)22(32-24(35)17(3)33(7)27(38)39-28(4,5)6)26(37)34-21(15-18-11-10-14-30-23(18)34)25(36)31-20-13-9-8-12-19(20)29/h8-14,16-17,21-22H,15H2,1-7H3,(H,31,36)(H,32,35)/t17-,21-,22-/m0/s1. The zero-order valence-corrected chi connectivity index (χ0v) is 23.3. The summed E-state index contributed by atoms with van der Waals surface area (Å²) in [6.07, 6.45) is 1.00. The van der Waals surface area contributed by atoms with Crippen LogP contribution in [-0.4, -0.2) is 64.5 Å². The van der Waals surface area contributed by atoms with Gasteiger partial charge in [0, 0.05) is 19.7 Å². The van der Waals surface area contributed by atoms with Crippen LogP contribution in [0, 0.1) is 11.7 Å². The summed E-state index contributed by atoms with van der Waals surface area (Å²) in [7, 11) is 1.44. The molecule has 39 heavy (non-hydrogen) atoms. The molecule has 1 aromatic carbocycles. The molecule has 2 heterocycles. The Hall–Kier alpha value is -4.02. The molecule has 3 atom stereocenters. The zero-order chi connectivity index (χ0) is 29.1. The van der Waals surface area contributed by atoms with Gasteiger partial charge in [0.05, 0.1) is 5.69 Å². The van der Waals surface area contributed by atoms with Gasteiger partial charge in [-0.15, -0.1) is 0 Å². The van der Waals surface area contributed by atoms with E-state index < -0.39 is 53.4 Å². The summed E-state index contributed by atoms with van der Waals surface area (Å²) in [6, 6.07) is 6.22. The number of ether oxygens (including phenoxy) is 1. The summed E-state index contributed by atoms with van der Waals surface area (Å²) in [4.78, 5) is 59.6. The molecule has 1 aliphatic heterocycles. The van der Waals surface area contributed by atoms with E-state index in [1.54, 1.807) is 52.8 Å². The van der Waals surface area contributed by atoms with Gasteiger partial charge in [-0.3, -0.25) is 24.2 Å². The van der Waals surface area contributed by atoms with Crippen LogP contribution in [0.1, 0.15) is 47.1 Å². The second-order valence-corrected chi connectivity index (χ2v) is 10.9. The van der Waals surface area contributed by atoms with Gasteiger partial charge in [0.25, 0.3) is 5.91 Å². The molecule has 11 heteroatoms. The molecular weight excluding hydrogens is 505 g/mol. The first-order valence-electron chi connectivity index (χ1n) is 12.8. The minimum absolute atomic E-state index is 0.00784. The number of hydrogen-bond donors (Lipinski definition) is 2. The number of carbonyl (C=O) groups is 4. The van der Waals surface area contributed by atoms with E-state index in [2.05, 4.69) is 15.6 Å². The number of benzene rings is 1. The fourth-order valence-electron chi connectivity index (χ4n) is 4.11. The normalized spacial score (nSPS) is 16.2. The molecule has 0 aliphatic carbocycles. The maximum atomic E-state index is 14.2. The van der Waals surface area contributed by atoms with Crippen molar-refractivity contribution in [2.45, 2.75) is 71.7 Å². The number of pyridine rings is 1. The molecule has 1 aliphatic rings. The molecule has 0 spiro atoms. The van der Waals surface area contributed by atoms with Gasteiger partial charge in [-0.05, 0) is 57.4 Å². The topological polar surface area (TPSA) is 121 Å². The van der Waals surface area contributed by atoms with Crippen molar-refractivity contribution in [1.29, 1.82) is 0 Å². The molecule has 0 saturated carbocycles. The van der Waals surface area contributed by atoms with Crippen LogP contribution in [0.5, 0.6) is 0 Å². The highest BCUT2D eigenvalue weighted by Crippen LogP contribution is 2.32. The number of likely N-dealkylation sites (N-methyl/N-ethyl adjacent to an activating group) is 1. The lowest BCUT2D eigenvalue weighted by atomic mass is 10.0. The third kappa shape index (κ3) is 6.90. The lowest BCUT2D eigenvalue weighted by Crippen LogP contribution is -2.58. The summed E-state index contributed by atoms with van der Waals surface area (Å²) in [6.45, 7) is 10.2. The van der Waals surface area contributed by atoms with E-state index in [1.165, 1.54) is 43.3 Å². The number of nitrogens with zero attached hydrogens (tertiary/aromatic N) is 3. The fraction of sp³-hybridized carbons (Fsp3) is 0.464. The Morgan fingerprint density at radius 3 is 2.38 bits per heavy atom. The summed E-state index contributed by atoms with van der Waals surface area (Å²) < 4.78 is 19.6. The first-order valence-corrected chi connectivity index (χ1v) is 12.8. The van der Waals surface area contributed by atoms with E-state index in [0.717, 1.165) is 4.90 Å². The van der Waals surface area contributed by atoms with Crippen molar-refractivity contribution < 1.29 is 28.3 Å². The molecular formula is C28H36FN5O5. The number of fused-ring (bicyclic) bond motifs is 1. The Kier molecular flexibility index (Phi) is 8.93. The maximum absolute atomic E-state index is 14.2. The van der Waals surface area contributed by atoms with Crippen LogP contribution in [0.4, 0.5) is 20.7 Å². The largest absolute Gasteiger partial charge is 0.444 e. The molecule has 3 rings (SSSR count). The van der Waals surface area contributed by atoms with Crippen molar-refractivity contribution in [3.63, 3.8) is 0 Å². The monoisotopic (exact) mass is 541 g/mol. The lowest BCUT2D eigenvalue weighted by molar-refractivity contribution is -0.131. The Balaban J connectivity index is 1.84. The van der Waals surface area contributed by atoms with Gasteiger partial charge in [-0.1, -0.05) is 32.0 Å². The van der Waals surface area contributed by atoms with Gasteiger partial charge in [0.2, 0.25) is 11.8 Å². The highest BCUT2D eigenvalue weighted by Gasteiger charge is 2.43. The number of nitrogens with one attached hydrogen (secondary N) is 2. The Bertz CT molecular complexity index is 1240. The van der Waals surface area contributed by atoms with Crippen LogP contribution in [-0.2, 0) is 25.5 Å². The van der Waals surface area contributed by atoms with Crippen LogP contribution < -0.4 is 15.5 Å². The Morgan fingerprint density at radius 1 is 1.10 bits per heavy atom. The highest BCUT2D eigenvalue weighted by molar-refractivity contribution is 6.09. The second kappa shape index (κ2) is 11.8. The van der Waals surface area contributed by atoms with Crippen molar-refractivity contribution in [3.8, 4) is 0 Å². The molecule has 0 unspecified atom stereocenters. The highest BCUT2D eigenvalue weighted by atomic mass is 19.1. The van der Waals surface area contributed by atoms with Crippen molar-refractivity contribution in [1.82, 2.24) is 15.2 Å².